The van der Waals surface area contributed by atoms with Crippen molar-refractivity contribution in [2.24, 2.45) is 0 Å². The highest BCUT2D eigenvalue weighted by Crippen LogP contribution is 2.10. The number of benzene rings is 1. The van der Waals surface area contributed by atoms with Gasteiger partial charge in [-0.15, -0.1) is 0 Å². The van der Waals surface area contributed by atoms with E-state index in [-0.39, 0.29) is 23.5 Å². The number of carbonyl (C=O) groups excluding carboxylic acids is 1. The molecule has 0 fully saturated rings. The molecular formula is C14H21NO5S. The first-order chi connectivity index (χ1) is 9.64. The molecule has 118 valence electrons. The number of nitrogens with one attached hydrogen (secondary N) is 1. The lowest BCUT2D eigenvalue weighted by Gasteiger charge is -2.03. The number of rotatable bonds is 4. The van der Waals surface area contributed by atoms with Crippen LogP contribution in [0.5, 0.6) is 5.75 Å². The highest BCUT2D eigenvalue weighted by molar-refractivity contribution is 7.85. The molecule has 6 nitrogen and oxygen atoms in total. The number of hydrogen-bond acceptors (Lipinski definition) is 4. The summed E-state index contributed by atoms with van der Waals surface area (Å²) in [5, 5.41) is 11.8. The van der Waals surface area contributed by atoms with Gasteiger partial charge in [0, 0.05) is 12.1 Å². The largest absolute Gasteiger partial charge is 0.508 e. The van der Waals surface area contributed by atoms with Gasteiger partial charge in [-0.1, -0.05) is 12.1 Å². The van der Waals surface area contributed by atoms with E-state index in [9.17, 15) is 13.2 Å². The maximum atomic E-state index is 11.2. The summed E-state index contributed by atoms with van der Waals surface area (Å²) in [6.45, 7) is 5.19. The van der Waals surface area contributed by atoms with Gasteiger partial charge in [-0.05, 0) is 44.5 Å². The quantitative estimate of drug-likeness (QED) is 0.581. The van der Waals surface area contributed by atoms with Gasteiger partial charge in [0.1, 0.15) is 5.75 Å². The smallest absolute Gasteiger partial charge is 0.264 e. The molecule has 0 atom stereocenters. The molecule has 0 aliphatic rings. The van der Waals surface area contributed by atoms with Gasteiger partial charge >= 0.3 is 0 Å². The Morgan fingerprint density at radius 3 is 2.14 bits per heavy atom. The van der Waals surface area contributed by atoms with Crippen LogP contribution in [-0.4, -0.2) is 35.8 Å². The van der Waals surface area contributed by atoms with E-state index in [1.807, 2.05) is 13.8 Å². The van der Waals surface area contributed by atoms with Crippen molar-refractivity contribution in [3.05, 3.63) is 35.9 Å². The molecule has 1 aromatic carbocycles. The lowest BCUT2D eigenvalue weighted by molar-refractivity contribution is -0.116. The predicted molar refractivity (Wildman–Crippen MR) is 82.5 cm³/mol. The highest BCUT2D eigenvalue weighted by Gasteiger charge is 1.97. The SMILES string of the molecule is CC(C)NC(=O)/C=C/c1ccc(O)cc1.CCS(=O)(=O)O. The summed E-state index contributed by atoms with van der Waals surface area (Å²) in [5.74, 6) is -0.0932. The first-order valence-electron chi connectivity index (χ1n) is 6.36. The van der Waals surface area contributed by atoms with Crippen LogP contribution >= 0.6 is 0 Å². The third kappa shape index (κ3) is 11.6. The zero-order valence-electron chi connectivity index (χ0n) is 12.3. The van der Waals surface area contributed by atoms with Crippen molar-refractivity contribution in [3.63, 3.8) is 0 Å². The molecule has 21 heavy (non-hydrogen) atoms. The van der Waals surface area contributed by atoms with E-state index < -0.39 is 10.1 Å². The van der Waals surface area contributed by atoms with Crippen LogP contribution < -0.4 is 5.32 Å². The van der Waals surface area contributed by atoms with Gasteiger partial charge in [-0.2, -0.15) is 8.42 Å². The van der Waals surface area contributed by atoms with E-state index in [2.05, 4.69) is 5.32 Å². The molecule has 7 heteroatoms. The molecule has 0 saturated heterocycles. The van der Waals surface area contributed by atoms with E-state index >= 15 is 0 Å². The monoisotopic (exact) mass is 315 g/mol. The number of aromatic hydroxyl groups is 1. The van der Waals surface area contributed by atoms with E-state index in [4.69, 9.17) is 9.66 Å². The molecule has 1 amide bonds. The summed E-state index contributed by atoms with van der Waals surface area (Å²) in [7, 11) is -3.66. The molecular weight excluding hydrogens is 294 g/mol. The van der Waals surface area contributed by atoms with Gasteiger partial charge in [0.15, 0.2) is 0 Å². The van der Waals surface area contributed by atoms with Crippen LogP contribution in [0.2, 0.25) is 0 Å². The highest BCUT2D eigenvalue weighted by atomic mass is 32.2. The molecule has 1 rings (SSSR count). The zero-order valence-corrected chi connectivity index (χ0v) is 13.1. The van der Waals surface area contributed by atoms with Crippen molar-refractivity contribution in [2.75, 3.05) is 5.75 Å². The molecule has 0 heterocycles. The summed E-state index contributed by atoms with van der Waals surface area (Å²) in [5.41, 5.74) is 0.881. The second-order valence-electron chi connectivity index (χ2n) is 4.46. The fourth-order valence-electron chi connectivity index (χ4n) is 1.09. The lowest BCUT2D eigenvalue weighted by Crippen LogP contribution is -2.28. The molecule has 0 bridgehead atoms. The molecule has 0 aromatic heterocycles. The molecule has 0 aliphatic carbocycles. The Hall–Kier alpha value is -1.86. The standard InChI is InChI=1S/C12H15NO2.C2H6O3S/c1-9(2)13-12(15)8-5-10-3-6-11(14)7-4-10;1-2-6(3,4)5/h3-9,14H,1-2H3,(H,13,15);2H2,1H3,(H,3,4,5)/b8-5+;. The van der Waals surface area contributed by atoms with Gasteiger partial charge < -0.3 is 10.4 Å². The second-order valence-corrected chi connectivity index (χ2v) is 6.20. The van der Waals surface area contributed by atoms with Crippen molar-refractivity contribution in [1.82, 2.24) is 5.32 Å². The van der Waals surface area contributed by atoms with Crippen LogP contribution in [-0.2, 0) is 14.9 Å². The van der Waals surface area contributed by atoms with Crippen LogP contribution in [0.25, 0.3) is 6.08 Å². The minimum absolute atomic E-state index is 0.113. The van der Waals surface area contributed by atoms with Crippen molar-refractivity contribution in [2.45, 2.75) is 26.8 Å². The van der Waals surface area contributed by atoms with E-state index in [0.717, 1.165) is 5.56 Å². The van der Waals surface area contributed by atoms with Crippen LogP contribution in [0.15, 0.2) is 30.3 Å². The molecule has 0 aliphatic heterocycles. The van der Waals surface area contributed by atoms with Crippen molar-refractivity contribution >= 4 is 22.1 Å². The zero-order chi connectivity index (χ0) is 16.5. The topological polar surface area (TPSA) is 104 Å². The summed E-state index contributed by atoms with van der Waals surface area (Å²) in [4.78, 5) is 11.2. The third-order valence-electron chi connectivity index (χ3n) is 2.12. The number of phenols is 1. The summed E-state index contributed by atoms with van der Waals surface area (Å²) in [6.07, 6.45) is 3.18. The Labute approximate surface area is 125 Å². The molecule has 0 unspecified atom stereocenters. The van der Waals surface area contributed by atoms with Crippen LogP contribution in [0.4, 0.5) is 0 Å². The van der Waals surface area contributed by atoms with Crippen LogP contribution in [0.3, 0.4) is 0 Å². The van der Waals surface area contributed by atoms with E-state index in [1.165, 1.54) is 13.0 Å². The second kappa shape index (κ2) is 9.15. The Morgan fingerprint density at radius 1 is 1.29 bits per heavy atom. The molecule has 0 saturated carbocycles. The lowest BCUT2D eigenvalue weighted by atomic mass is 10.2. The first kappa shape index (κ1) is 19.1. The fourth-order valence-corrected chi connectivity index (χ4v) is 1.09. The van der Waals surface area contributed by atoms with Gasteiger partial charge in [0.25, 0.3) is 10.1 Å². The van der Waals surface area contributed by atoms with Gasteiger partial charge in [-0.25, -0.2) is 0 Å². The number of phenolic OH excluding ortho intramolecular Hbond substituents is 1. The number of carbonyl (C=O) groups is 1. The minimum Gasteiger partial charge on any atom is -0.508 e. The first-order valence-corrected chi connectivity index (χ1v) is 7.97. The Balaban J connectivity index is 0.000000567. The van der Waals surface area contributed by atoms with Crippen LogP contribution in [0.1, 0.15) is 26.3 Å². The molecule has 1 aromatic rings. The van der Waals surface area contributed by atoms with Crippen molar-refractivity contribution in [1.29, 1.82) is 0 Å². The number of hydrogen-bond donors (Lipinski definition) is 3. The van der Waals surface area contributed by atoms with Crippen LogP contribution in [0, 0.1) is 0 Å². The van der Waals surface area contributed by atoms with Crippen molar-refractivity contribution in [3.8, 4) is 5.75 Å². The molecule has 0 radical (unpaired) electrons. The normalized spacial score (nSPS) is 11.1. The summed E-state index contributed by atoms with van der Waals surface area (Å²) < 4.78 is 26.9. The van der Waals surface area contributed by atoms with E-state index in [0.29, 0.717) is 0 Å². The predicted octanol–water partition coefficient (Wildman–Crippen LogP) is 1.82. The summed E-state index contributed by atoms with van der Waals surface area (Å²) >= 11 is 0. The molecule has 3 N–H and O–H groups in total. The van der Waals surface area contributed by atoms with Gasteiger partial charge in [0.05, 0.1) is 5.75 Å². The maximum absolute atomic E-state index is 11.2. The third-order valence-corrected chi connectivity index (χ3v) is 2.85. The molecule has 0 spiro atoms. The maximum Gasteiger partial charge on any atom is 0.264 e. The average molecular weight is 315 g/mol. The van der Waals surface area contributed by atoms with Crippen molar-refractivity contribution < 1.29 is 22.9 Å². The van der Waals surface area contributed by atoms with Gasteiger partial charge in [0.2, 0.25) is 5.91 Å². The summed E-state index contributed by atoms with van der Waals surface area (Å²) in [6, 6.07) is 6.80. The number of amides is 1. The Kier molecular flexibility index (Phi) is 8.34. The fraction of sp³-hybridized carbons (Fsp3) is 0.357. The Morgan fingerprint density at radius 2 is 1.76 bits per heavy atom. The average Bonchev–Trinajstić information content (AvgIpc) is 2.37. The Bertz CT molecular complexity index is 562. The van der Waals surface area contributed by atoms with Gasteiger partial charge in [-0.3, -0.25) is 9.35 Å². The van der Waals surface area contributed by atoms with E-state index in [1.54, 1.807) is 30.3 Å². The minimum atomic E-state index is -3.66.